The molecule has 0 unspecified atom stereocenters. The molecule has 33 heavy (non-hydrogen) atoms. The molecule has 176 valence electrons. The molecule has 0 saturated heterocycles. The van der Waals surface area contributed by atoms with Crippen molar-refractivity contribution in [2.75, 3.05) is 27.2 Å². The lowest BCUT2D eigenvalue weighted by Crippen LogP contribution is -2.38. The Morgan fingerprint density at radius 2 is 1.88 bits per heavy atom. The maximum absolute atomic E-state index is 12.2. The highest BCUT2D eigenvalue weighted by Crippen LogP contribution is 2.21. The molecule has 8 heteroatoms. The van der Waals surface area contributed by atoms with Gasteiger partial charge in [-0.25, -0.2) is 9.98 Å². The minimum absolute atomic E-state index is 0. The van der Waals surface area contributed by atoms with Gasteiger partial charge in [-0.15, -0.1) is 24.0 Å². The van der Waals surface area contributed by atoms with E-state index in [1.54, 1.807) is 25.2 Å². The zero-order chi connectivity index (χ0) is 22.9. The molecule has 2 N–H and O–H groups in total. The number of halogens is 1. The third-order valence-corrected chi connectivity index (χ3v) is 4.89. The Labute approximate surface area is 212 Å². The zero-order valence-corrected chi connectivity index (χ0v) is 21.9. The number of amides is 1. The highest BCUT2D eigenvalue weighted by molar-refractivity contribution is 14.0. The SMILES string of the molecule is CCNC(=NCc1ncc(-c2ccc(C)cc2)o1)NCCc1cccc(C(=O)N(C)C)c1.I. The standard InChI is InChI=1S/C25H31N5O2.HI/c1-5-26-25(27-14-13-19-7-6-8-21(15-19)24(31)30(3)4)29-17-23-28-16-22(32-23)20-11-9-18(2)10-12-20;/h6-12,15-16H,5,13-14,17H2,1-4H3,(H2,26,27,29);1H. The van der Waals surface area contributed by atoms with Gasteiger partial charge in [0.15, 0.2) is 11.7 Å². The first-order valence-electron chi connectivity index (χ1n) is 10.8. The van der Waals surface area contributed by atoms with Crippen LogP contribution in [0, 0.1) is 6.92 Å². The molecule has 0 atom stereocenters. The van der Waals surface area contributed by atoms with Crippen LogP contribution in [0.4, 0.5) is 0 Å². The number of carbonyl (C=O) groups is 1. The van der Waals surface area contributed by atoms with Crippen LogP contribution in [-0.4, -0.2) is 48.9 Å². The highest BCUT2D eigenvalue weighted by Gasteiger charge is 2.09. The molecule has 0 radical (unpaired) electrons. The number of aliphatic imine (C=N–C) groups is 1. The summed E-state index contributed by atoms with van der Waals surface area (Å²) in [6.45, 7) is 5.85. The van der Waals surface area contributed by atoms with Gasteiger partial charge in [-0.05, 0) is 38.0 Å². The van der Waals surface area contributed by atoms with Gasteiger partial charge in [0.25, 0.3) is 5.91 Å². The predicted octanol–water partition coefficient (Wildman–Crippen LogP) is 4.27. The number of oxazole rings is 1. The molecular formula is C25H32IN5O2. The van der Waals surface area contributed by atoms with E-state index < -0.39 is 0 Å². The summed E-state index contributed by atoms with van der Waals surface area (Å²) in [5, 5.41) is 6.57. The minimum atomic E-state index is 0. The van der Waals surface area contributed by atoms with E-state index in [1.165, 1.54) is 5.56 Å². The molecule has 2 aromatic carbocycles. The molecule has 3 rings (SSSR count). The number of benzene rings is 2. The van der Waals surface area contributed by atoms with Gasteiger partial charge in [-0.3, -0.25) is 4.79 Å². The molecule has 1 heterocycles. The van der Waals surface area contributed by atoms with Gasteiger partial charge in [0.1, 0.15) is 6.54 Å². The average molecular weight is 561 g/mol. The number of hydrogen-bond donors (Lipinski definition) is 2. The maximum atomic E-state index is 12.2. The van der Waals surface area contributed by atoms with Crippen LogP contribution in [0.15, 0.2) is 64.1 Å². The highest BCUT2D eigenvalue weighted by atomic mass is 127. The Bertz CT molecular complexity index is 1060. The Hall–Kier alpha value is -2.88. The van der Waals surface area contributed by atoms with E-state index >= 15 is 0 Å². The van der Waals surface area contributed by atoms with Gasteiger partial charge in [0, 0.05) is 38.3 Å². The summed E-state index contributed by atoms with van der Waals surface area (Å²) in [7, 11) is 3.51. The Kier molecular flexibility index (Phi) is 10.4. The summed E-state index contributed by atoms with van der Waals surface area (Å²) >= 11 is 0. The third-order valence-electron chi connectivity index (χ3n) is 4.89. The quantitative estimate of drug-likeness (QED) is 0.244. The van der Waals surface area contributed by atoms with E-state index in [4.69, 9.17) is 4.42 Å². The zero-order valence-electron chi connectivity index (χ0n) is 19.6. The fourth-order valence-electron chi connectivity index (χ4n) is 3.17. The van der Waals surface area contributed by atoms with E-state index in [1.807, 2.05) is 43.3 Å². The predicted molar refractivity (Wildman–Crippen MR) is 143 cm³/mol. The van der Waals surface area contributed by atoms with Crippen molar-refractivity contribution in [2.24, 2.45) is 4.99 Å². The van der Waals surface area contributed by atoms with E-state index in [0.29, 0.717) is 30.5 Å². The van der Waals surface area contributed by atoms with Crippen molar-refractivity contribution in [1.29, 1.82) is 0 Å². The van der Waals surface area contributed by atoms with Crippen molar-refractivity contribution in [3.8, 4) is 11.3 Å². The molecule has 0 fully saturated rings. The molecule has 1 aromatic heterocycles. The van der Waals surface area contributed by atoms with E-state index in [9.17, 15) is 4.79 Å². The number of guanidine groups is 1. The number of nitrogens with one attached hydrogen (secondary N) is 2. The second-order valence-electron chi connectivity index (χ2n) is 7.76. The summed E-state index contributed by atoms with van der Waals surface area (Å²) < 4.78 is 5.86. The third kappa shape index (κ3) is 7.88. The summed E-state index contributed by atoms with van der Waals surface area (Å²) in [6, 6.07) is 15.9. The Morgan fingerprint density at radius 1 is 1.12 bits per heavy atom. The number of aryl methyl sites for hydroxylation is 1. The molecule has 0 aliphatic heterocycles. The first-order chi connectivity index (χ1) is 15.5. The van der Waals surface area contributed by atoms with Crippen molar-refractivity contribution in [1.82, 2.24) is 20.5 Å². The normalized spacial score (nSPS) is 11.0. The maximum Gasteiger partial charge on any atom is 0.253 e. The summed E-state index contributed by atoms with van der Waals surface area (Å²) in [5.41, 5.74) is 3.99. The van der Waals surface area contributed by atoms with Gasteiger partial charge < -0.3 is 20.0 Å². The molecule has 0 aliphatic rings. The van der Waals surface area contributed by atoms with Crippen molar-refractivity contribution in [3.05, 3.63) is 77.3 Å². The lowest BCUT2D eigenvalue weighted by atomic mass is 10.1. The molecule has 1 amide bonds. The molecule has 3 aromatic rings. The van der Waals surface area contributed by atoms with Crippen molar-refractivity contribution in [2.45, 2.75) is 26.8 Å². The van der Waals surface area contributed by atoms with Crippen LogP contribution in [-0.2, 0) is 13.0 Å². The number of nitrogens with zero attached hydrogens (tertiary/aromatic N) is 3. The first kappa shape index (κ1) is 26.4. The fraction of sp³-hybridized carbons (Fsp3) is 0.320. The number of rotatable bonds is 8. The van der Waals surface area contributed by atoms with E-state index in [2.05, 4.69) is 39.7 Å². The van der Waals surface area contributed by atoms with Crippen LogP contribution in [0.5, 0.6) is 0 Å². The van der Waals surface area contributed by atoms with Gasteiger partial charge >= 0.3 is 0 Å². The van der Waals surface area contributed by atoms with Crippen molar-refractivity contribution in [3.63, 3.8) is 0 Å². The molecule has 7 nitrogen and oxygen atoms in total. The number of hydrogen-bond acceptors (Lipinski definition) is 4. The summed E-state index contributed by atoms with van der Waals surface area (Å²) in [6.07, 6.45) is 2.51. The van der Waals surface area contributed by atoms with Crippen LogP contribution in [0.3, 0.4) is 0 Å². The molecule has 0 bridgehead atoms. The Morgan fingerprint density at radius 3 is 2.58 bits per heavy atom. The smallest absolute Gasteiger partial charge is 0.253 e. The van der Waals surface area contributed by atoms with Crippen molar-refractivity contribution >= 4 is 35.8 Å². The summed E-state index contributed by atoms with van der Waals surface area (Å²) in [4.78, 5) is 22.7. The minimum Gasteiger partial charge on any atom is -0.439 e. The van der Waals surface area contributed by atoms with Crippen LogP contribution in [0.1, 0.15) is 34.3 Å². The van der Waals surface area contributed by atoms with Gasteiger partial charge in [-0.1, -0.05) is 42.0 Å². The fourth-order valence-corrected chi connectivity index (χ4v) is 3.17. The topological polar surface area (TPSA) is 82.8 Å². The lowest BCUT2D eigenvalue weighted by Gasteiger charge is -2.13. The van der Waals surface area contributed by atoms with E-state index in [0.717, 1.165) is 29.9 Å². The second-order valence-corrected chi connectivity index (χ2v) is 7.76. The molecular weight excluding hydrogens is 529 g/mol. The largest absolute Gasteiger partial charge is 0.439 e. The number of carbonyl (C=O) groups excluding carboxylic acids is 1. The van der Waals surface area contributed by atoms with Gasteiger partial charge in [0.05, 0.1) is 6.20 Å². The van der Waals surface area contributed by atoms with Crippen molar-refractivity contribution < 1.29 is 9.21 Å². The molecule has 0 spiro atoms. The first-order valence-corrected chi connectivity index (χ1v) is 10.8. The van der Waals surface area contributed by atoms with Crippen LogP contribution in [0.2, 0.25) is 0 Å². The van der Waals surface area contributed by atoms with Crippen LogP contribution >= 0.6 is 24.0 Å². The monoisotopic (exact) mass is 561 g/mol. The average Bonchev–Trinajstić information content (AvgIpc) is 3.26. The van der Waals surface area contributed by atoms with Crippen LogP contribution in [0.25, 0.3) is 11.3 Å². The van der Waals surface area contributed by atoms with Gasteiger partial charge in [0.2, 0.25) is 5.89 Å². The van der Waals surface area contributed by atoms with Gasteiger partial charge in [-0.2, -0.15) is 0 Å². The second kappa shape index (κ2) is 13.0. The Balaban J connectivity index is 0.00000385. The summed E-state index contributed by atoms with van der Waals surface area (Å²) in [5.74, 6) is 2.00. The lowest BCUT2D eigenvalue weighted by molar-refractivity contribution is 0.0827. The number of aromatic nitrogens is 1. The molecule has 0 aliphatic carbocycles. The van der Waals surface area contributed by atoms with E-state index in [-0.39, 0.29) is 29.9 Å². The van der Waals surface area contributed by atoms with Crippen LogP contribution < -0.4 is 10.6 Å². The molecule has 0 saturated carbocycles.